The molecule has 102 valence electrons. The number of hydrogen-bond donors (Lipinski definition) is 0. The minimum atomic E-state index is -5.18. The standard InChI is InChI=1S/C12H10BClF3O2/c1-18-7-19-9-5-8-3-2-4-11(14)12(8)10(6-9)13(15,16)17/h2-6H,7H2,1H3/q-1. The van der Waals surface area contributed by atoms with E-state index in [1.807, 2.05) is 0 Å². The molecule has 19 heavy (non-hydrogen) atoms. The quantitative estimate of drug-likeness (QED) is 0.633. The van der Waals surface area contributed by atoms with Crippen molar-refractivity contribution in [3.63, 3.8) is 0 Å². The van der Waals surface area contributed by atoms with Gasteiger partial charge in [-0.1, -0.05) is 29.2 Å². The van der Waals surface area contributed by atoms with Crippen molar-refractivity contribution < 1.29 is 22.4 Å². The number of ether oxygens (including phenoxy) is 2. The molecule has 2 rings (SSSR count). The molecule has 0 aliphatic carbocycles. The topological polar surface area (TPSA) is 18.5 Å². The Balaban J connectivity index is 2.66. The molecule has 2 aromatic rings. The van der Waals surface area contributed by atoms with Crippen LogP contribution in [0.1, 0.15) is 0 Å². The molecule has 0 heterocycles. The van der Waals surface area contributed by atoms with E-state index in [2.05, 4.69) is 4.74 Å². The van der Waals surface area contributed by atoms with Gasteiger partial charge in [-0.05, 0) is 29.0 Å². The fourth-order valence-electron chi connectivity index (χ4n) is 1.85. The van der Waals surface area contributed by atoms with Crippen molar-refractivity contribution in [3.05, 3.63) is 35.4 Å². The summed E-state index contributed by atoms with van der Waals surface area (Å²) in [5.41, 5.74) is -0.755. The van der Waals surface area contributed by atoms with E-state index in [4.69, 9.17) is 16.3 Å². The maximum atomic E-state index is 13.1. The molecule has 0 fully saturated rings. The Kier molecular flexibility index (Phi) is 3.92. The molecule has 0 saturated carbocycles. The van der Waals surface area contributed by atoms with Gasteiger partial charge in [0.05, 0.1) is 0 Å². The Morgan fingerprint density at radius 1 is 1.21 bits per heavy atom. The monoisotopic (exact) mass is 289 g/mol. The van der Waals surface area contributed by atoms with Gasteiger partial charge in [-0.3, -0.25) is 0 Å². The second kappa shape index (κ2) is 5.31. The van der Waals surface area contributed by atoms with Crippen LogP contribution in [0.5, 0.6) is 5.75 Å². The zero-order chi connectivity index (χ0) is 14.0. The molecule has 0 bridgehead atoms. The van der Waals surface area contributed by atoms with E-state index in [1.54, 1.807) is 12.1 Å². The summed E-state index contributed by atoms with van der Waals surface area (Å²) in [5, 5.41) is 0.460. The van der Waals surface area contributed by atoms with E-state index in [0.29, 0.717) is 5.39 Å². The zero-order valence-corrected chi connectivity index (χ0v) is 10.8. The molecule has 0 saturated heterocycles. The summed E-state index contributed by atoms with van der Waals surface area (Å²) in [7, 11) is 1.40. The molecular weight excluding hydrogens is 279 g/mol. The SMILES string of the molecule is COCOc1cc([B-](F)(F)F)c2c(Cl)cccc2c1. The summed E-state index contributed by atoms with van der Waals surface area (Å²) in [6.45, 7) is -5.29. The normalized spacial score (nSPS) is 11.8. The molecule has 0 atom stereocenters. The summed E-state index contributed by atoms with van der Waals surface area (Å²) >= 11 is 5.87. The van der Waals surface area contributed by atoms with Crippen LogP contribution < -0.4 is 10.2 Å². The van der Waals surface area contributed by atoms with Crippen molar-refractivity contribution >= 4 is 34.8 Å². The Hall–Kier alpha value is -1.40. The Labute approximate surface area is 113 Å². The summed E-state index contributed by atoms with van der Waals surface area (Å²) < 4.78 is 49.1. The summed E-state index contributed by atoms with van der Waals surface area (Å²) in [5.74, 6) is 0.103. The van der Waals surface area contributed by atoms with Crippen molar-refractivity contribution in [2.24, 2.45) is 0 Å². The van der Waals surface area contributed by atoms with Gasteiger partial charge in [0.2, 0.25) is 0 Å². The van der Waals surface area contributed by atoms with Crippen LogP contribution in [-0.4, -0.2) is 20.9 Å². The smallest absolute Gasteiger partial charge is 0.468 e. The van der Waals surface area contributed by atoms with Crippen LogP contribution in [-0.2, 0) is 4.74 Å². The predicted molar refractivity (Wildman–Crippen MR) is 70.2 cm³/mol. The maximum Gasteiger partial charge on any atom is 0.510 e. The lowest BCUT2D eigenvalue weighted by Gasteiger charge is -2.20. The van der Waals surface area contributed by atoms with E-state index in [-0.39, 0.29) is 23.0 Å². The van der Waals surface area contributed by atoms with E-state index in [0.717, 1.165) is 6.07 Å². The molecule has 2 aromatic carbocycles. The summed E-state index contributed by atoms with van der Waals surface area (Å²) in [6.07, 6.45) is 0. The Morgan fingerprint density at radius 3 is 2.58 bits per heavy atom. The van der Waals surface area contributed by atoms with Crippen molar-refractivity contribution in [1.29, 1.82) is 0 Å². The van der Waals surface area contributed by atoms with Gasteiger partial charge in [-0.25, -0.2) is 0 Å². The van der Waals surface area contributed by atoms with Crippen molar-refractivity contribution in [3.8, 4) is 5.75 Å². The Morgan fingerprint density at radius 2 is 1.95 bits per heavy atom. The average molecular weight is 289 g/mol. The van der Waals surface area contributed by atoms with Gasteiger partial charge in [0, 0.05) is 12.1 Å². The first-order valence-electron chi connectivity index (χ1n) is 5.47. The lowest BCUT2D eigenvalue weighted by atomic mass is 9.77. The van der Waals surface area contributed by atoms with Gasteiger partial charge < -0.3 is 22.4 Å². The predicted octanol–water partition coefficient (Wildman–Crippen LogP) is 3.53. The number of methoxy groups -OCH3 is 1. The third-order valence-corrected chi connectivity index (χ3v) is 2.94. The molecule has 0 aliphatic heterocycles. The molecule has 7 heteroatoms. The number of hydrogen-bond acceptors (Lipinski definition) is 2. The van der Waals surface area contributed by atoms with Gasteiger partial charge in [0.15, 0.2) is 6.79 Å². The molecule has 0 unspecified atom stereocenters. The molecule has 0 radical (unpaired) electrons. The van der Waals surface area contributed by atoms with Crippen LogP contribution in [0.2, 0.25) is 5.02 Å². The van der Waals surface area contributed by atoms with Gasteiger partial charge in [0.1, 0.15) is 5.75 Å². The zero-order valence-electron chi connectivity index (χ0n) is 10.00. The van der Waals surface area contributed by atoms with Gasteiger partial charge in [0.25, 0.3) is 0 Å². The minimum Gasteiger partial charge on any atom is -0.468 e. The highest BCUT2D eigenvalue weighted by molar-refractivity contribution is 6.76. The first-order chi connectivity index (χ1) is 8.93. The third-order valence-electron chi connectivity index (χ3n) is 2.63. The van der Waals surface area contributed by atoms with E-state index >= 15 is 0 Å². The van der Waals surface area contributed by atoms with E-state index in [1.165, 1.54) is 19.2 Å². The van der Waals surface area contributed by atoms with Crippen molar-refractivity contribution in [2.45, 2.75) is 0 Å². The summed E-state index contributed by atoms with van der Waals surface area (Å²) in [6, 6.07) is 7.05. The largest absolute Gasteiger partial charge is 0.510 e. The summed E-state index contributed by atoms with van der Waals surface area (Å²) in [4.78, 5) is 0. The first kappa shape index (κ1) is 14.0. The average Bonchev–Trinajstić information content (AvgIpc) is 2.34. The number of benzene rings is 2. The third kappa shape index (κ3) is 2.96. The Bertz CT molecular complexity index is 601. The lowest BCUT2D eigenvalue weighted by molar-refractivity contribution is 0.0512. The van der Waals surface area contributed by atoms with Crippen LogP contribution >= 0.6 is 11.6 Å². The number of halogens is 4. The number of fused-ring (bicyclic) bond motifs is 1. The fourth-order valence-corrected chi connectivity index (χ4v) is 2.15. The molecule has 0 N–H and O–H groups in total. The van der Waals surface area contributed by atoms with Crippen LogP contribution in [0, 0.1) is 0 Å². The van der Waals surface area contributed by atoms with Crippen LogP contribution in [0.25, 0.3) is 10.8 Å². The molecular formula is C12H10BClF3O2-. The lowest BCUT2D eigenvalue weighted by Crippen LogP contribution is -2.35. The van der Waals surface area contributed by atoms with Gasteiger partial charge in [-0.2, -0.15) is 0 Å². The highest BCUT2D eigenvalue weighted by Crippen LogP contribution is 2.29. The van der Waals surface area contributed by atoms with Gasteiger partial charge >= 0.3 is 6.98 Å². The highest BCUT2D eigenvalue weighted by atomic mass is 35.5. The van der Waals surface area contributed by atoms with Crippen molar-refractivity contribution in [1.82, 2.24) is 0 Å². The first-order valence-corrected chi connectivity index (χ1v) is 5.85. The van der Waals surface area contributed by atoms with Crippen LogP contribution in [0.15, 0.2) is 30.3 Å². The molecule has 0 aliphatic rings. The maximum absolute atomic E-state index is 13.1. The van der Waals surface area contributed by atoms with Gasteiger partial charge in [-0.15, -0.1) is 0 Å². The molecule has 2 nitrogen and oxygen atoms in total. The molecule has 0 amide bonds. The minimum absolute atomic E-state index is 0.00133. The number of rotatable bonds is 4. The van der Waals surface area contributed by atoms with Crippen molar-refractivity contribution in [2.75, 3.05) is 13.9 Å². The van der Waals surface area contributed by atoms with Crippen LogP contribution in [0.3, 0.4) is 0 Å². The second-order valence-corrected chi connectivity index (χ2v) is 4.38. The fraction of sp³-hybridized carbons (Fsp3) is 0.167. The highest BCUT2D eigenvalue weighted by Gasteiger charge is 2.29. The molecule has 0 aromatic heterocycles. The van der Waals surface area contributed by atoms with Crippen LogP contribution in [0.4, 0.5) is 12.9 Å². The van der Waals surface area contributed by atoms with E-state index in [9.17, 15) is 12.9 Å². The second-order valence-electron chi connectivity index (χ2n) is 3.98. The van der Waals surface area contributed by atoms with E-state index < -0.39 is 12.4 Å². The molecule has 0 spiro atoms.